The summed E-state index contributed by atoms with van der Waals surface area (Å²) in [5.41, 5.74) is 1.58. The number of hydrogen-bond donors (Lipinski definition) is 1. The highest BCUT2D eigenvalue weighted by atomic mass is 16.6. The predicted molar refractivity (Wildman–Crippen MR) is 110 cm³/mol. The lowest BCUT2D eigenvalue weighted by molar-refractivity contribution is -0.384. The highest BCUT2D eigenvalue weighted by molar-refractivity contribution is 5.90. The van der Waals surface area contributed by atoms with Gasteiger partial charge in [-0.15, -0.1) is 5.11 Å². The SMILES string of the molecule is CCc1ccc(N(CC)N=Nc2c(C#N)cc([N+](=O)[O-])cc2C#N)cc1NC(C)=O. The van der Waals surface area contributed by atoms with Crippen LogP contribution in [0.2, 0.25) is 0 Å². The Morgan fingerprint density at radius 2 is 1.83 bits per heavy atom. The lowest BCUT2D eigenvalue weighted by Gasteiger charge is -2.18. The summed E-state index contributed by atoms with van der Waals surface area (Å²) in [5.74, 6) is -0.199. The zero-order valence-electron chi connectivity index (χ0n) is 16.7. The van der Waals surface area contributed by atoms with Crippen molar-refractivity contribution in [2.75, 3.05) is 16.9 Å². The van der Waals surface area contributed by atoms with Crippen LogP contribution in [0.15, 0.2) is 40.7 Å². The van der Waals surface area contributed by atoms with Crippen molar-refractivity contribution in [3.05, 3.63) is 57.1 Å². The van der Waals surface area contributed by atoms with Gasteiger partial charge in [-0.2, -0.15) is 10.5 Å². The molecule has 2 rings (SSSR count). The third-order valence-corrected chi connectivity index (χ3v) is 4.18. The quantitative estimate of drug-likeness (QED) is 0.410. The van der Waals surface area contributed by atoms with E-state index in [4.69, 9.17) is 0 Å². The Hall–Kier alpha value is -4.31. The number of rotatable bonds is 7. The second kappa shape index (κ2) is 9.75. The van der Waals surface area contributed by atoms with Crippen LogP contribution < -0.4 is 10.3 Å². The lowest BCUT2D eigenvalue weighted by atomic mass is 10.1. The van der Waals surface area contributed by atoms with Crippen LogP contribution in [0, 0.1) is 32.8 Å². The Labute approximate surface area is 173 Å². The molecule has 10 nitrogen and oxygen atoms in total. The van der Waals surface area contributed by atoms with Gasteiger partial charge in [0.1, 0.15) is 17.8 Å². The number of amides is 1. The van der Waals surface area contributed by atoms with E-state index in [2.05, 4.69) is 15.7 Å². The summed E-state index contributed by atoms with van der Waals surface area (Å²) in [5, 5.41) is 42.1. The van der Waals surface area contributed by atoms with Crippen LogP contribution in [0.5, 0.6) is 0 Å². The Morgan fingerprint density at radius 1 is 1.20 bits per heavy atom. The fourth-order valence-corrected chi connectivity index (χ4v) is 2.74. The number of nitrogens with zero attached hydrogens (tertiary/aromatic N) is 6. The number of nitriles is 2. The van der Waals surface area contributed by atoms with Crippen molar-refractivity contribution in [1.82, 2.24) is 0 Å². The van der Waals surface area contributed by atoms with Crippen LogP contribution in [0.1, 0.15) is 37.5 Å². The molecule has 0 radical (unpaired) electrons. The number of carbonyl (C=O) groups is 1. The van der Waals surface area contributed by atoms with E-state index in [0.29, 0.717) is 17.9 Å². The number of nitrogens with one attached hydrogen (secondary N) is 1. The van der Waals surface area contributed by atoms with Crippen molar-refractivity contribution < 1.29 is 9.72 Å². The fourth-order valence-electron chi connectivity index (χ4n) is 2.74. The average molecular weight is 405 g/mol. The van der Waals surface area contributed by atoms with E-state index in [1.165, 1.54) is 11.9 Å². The Bertz CT molecular complexity index is 1060. The third-order valence-electron chi connectivity index (χ3n) is 4.18. The second-order valence-electron chi connectivity index (χ2n) is 6.15. The van der Waals surface area contributed by atoms with Gasteiger partial charge in [0.25, 0.3) is 5.69 Å². The minimum absolute atomic E-state index is 0.0451. The molecule has 0 aliphatic rings. The number of carbonyl (C=O) groups excluding carboxylic acids is 1. The summed E-state index contributed by atoms with van der Waals surface area (Å²) in [6, 6.07) is 11.2. The topological polar surface area (TPSA) is 148 Å². The highest BCUT2D eigenvalue weighted by Gasteiger charge is 2.17. The lowest BCUT2D eigenvalue weighted by Crippen LogP contribution is -2.15. The number of nitro benzene ring substituents is 1. The Kier molecular flexibility index (Phi) is 7.15. The van der Waals surface area contributed by atoms with Gasteiger partial charge in [0.15, 0.2) is 0 Å². The standard InChI is InChI=1S/C20H19N7O3/c1-4-14-6-7-17(10-19(14)23-13(3)28)26(5-2)25-24-20-15(11-21)8-18(27(29)30)9-16(20)12-22/h6-10H,4-5H2,1-3H3,(H,23,28). The monoisotopic (exact) mass is 405 g/mol. The molecule has 152 valence electrons. The minimum atomic E-state index is -0.681. The van der Waals surface area contributed by atoms with Crippen LogP contribution >= 0.6 is 0 Å². The smallest absolute Gasteiger partial charge is 0.272 e. The molecule has 0 fully saturated rings. The molecular formula is C20H19N7O3. The average Bonchev–Trinajstić information content (AvgIpc) is 2.73. The fraction of sp³-hybridized carbons (Fsp3) is 0.250. The van der Waals surface area contributed by atoms with Gasteiger partial charge in [0.2, 0.25) is 5.91 Å². The maximum atomic E-state index is 11.5. The molecule has 0 heterocycles. The van der Waals surface area contributed by atoms with Gasteiger partial charge >= 0.3 is 0 Å². The molecule has 0 atom stereocenters. The normalized spacial score (nSPS) is 10.3. The van der Waals surface area contributed by atoms with Gasteiger partial charge in [-0.25, -0.2) is 5.01 Å². The molecule has 0 aliphatic heterocycles. The summed E-state index contributed by atoms with van der Waals surface area (Å²) >= 11 is 0. The van der Waals surface area contributed by atoms with E-state index in [1.54, 1.807) is 6.07 Å². The molecular weight excluding hydrogens is 386 g/mol. The first-order chi connectivity index (χ1) is 14.3. The number of anilines is 2. The van der Waals surface area contributed by atoms with Crippen molar-refractivity contribution in [2.24, 2.45) is 10.3 Å². The van der Waals surface area contributed by atoms with Crippen molar-refractivity contribution in [3.8, 4) is 12.1 Å². The van der Waals surface area contributed by atoms with Gasteiger partial charge in [0, 0.05) is 31.3 Å². The first-order valence-corrected chi connectivity index (χ1v) is 9.06. The molecule has 0 saturated heterocycles. The van der Waals surface area contributed by atoms with Gasteiger partial charge in [-0.3, -0.25) is 14.9 Å². The molecule has 0 spiro atoms. The molecule has 2 aromatic rings. The van der Waals surface area contributed by atoms with Crippen LogP contribution in [-0.2, 0) is 11.2 Å². The predicted octanol–water partition coefficient (Wildman–Crippen LogP) is 4.38. The van der Waals surface area contributed by atoms with Gasteiger partial charge in [-0.1, -0.05) is 18.2 Å². The molecule has 0 aromatic heterocycles. The van der Waals surface area contributed by atoms with Gasteiger partial charge in [0.05, 0.1) is 21.7 Å². The number of hydrogen-bond acceptors (Lipinski definition) is 7. The molecule has 0 bridgehead atoms. The first kappa shape index (κ1) is 22.0. The Morgan fingerprint density at radius 3 is 2.30 bits per heavy atom. The molecule has 1 N–H and O–H groups in total. The molecule has 1 amide bonds. The molecule has 0 saturated carbocycles. The number of non-ortho nitro benzene ring substituents is 1. The zero-order chi connectivity index (χ0) is 22.3. The van der Waals surface area contributed by atoms with Crippen molar-refractivity contribution >= 4 is 28.7 Å². The van der Waals surface area contributed by atoms with E-state index in [9.17, 15) is 25.4 Å². The van der Waals surface area contributed by atoms with E-state index in [1.807, 2.05) is 38.1 Å². The van der Waals surface area contributed by atoms with Crippen LogP contribution in [-0.4, -0.2) is 17.4 Å². The van der Waals surface area contributed by atoms with Gasteiger partial charge < -0.3 is 5.32 Å². The van der Waals surface area contributed by atoms with E-state index in [0.717, 1.165) is 24.1 Å². The summed E-state index contributed by atoms with van der Waals surface area (Å²) in [7, 11) is 0. The maximum absolute atomic E-state index is 11.5. The van der Waals surface area contributed by atoms with Crippen LogP contribution in [0.3, 0.4) is 0 Å². The molecule has 0 aliphatic carbocycles. The summed E-state index contributed by atoms with van der Waals surface area (Å²) in [6.07, 6.45) is 0.726. The molecule has 0 unspecified atom stereocenters. The highest BCUT2D eigenvalue weighted by Crippen LogP contribution is 2.30. The molecule has 2 aromatic carbocycles. The first-order valence-electron chi connectivity index (χ1n) is 9.06. The summed E-state index contributed by atoms with van der Waals surface area (Å²) < 4.78 is 0. The van der Waals surface area contributed by atoms with Crippen molar-refractivity contribution in [2.45, 2.75) is 27.2 Å². The molecule has 10 heteroatoms. The second-order valence-corrected chi connectivity index (χ2v) is 6.15. The van der Waals surface area contributed by atoms with Crippen LogP contribution in [0.25, 0.3) is 0 Å². The van der Waals surface area contributed by atoms with Crippen LogP contribution in [0.4, 0.5) is 22.7 Å². The zero-order valence-corrected chi connectivity index (χ0v) is 16.7. The van der Waals surface area contributed by atoms with E-state index < -0.39 is 4.92 Å². The van der Waals surface area contributed by atoms with Gasteiger partial charge in [-0.05, 0) is 31.0 Å². The number of aryl methyl sites for hydroxylation is 1. The minimum Gasteiger partial charge on any atom is -0.326 e. The largest absolute Gasteiger partial charge is 0.326 e. The third kappa shape index (κ3) is 4.94. The summed E-state index contributed by atoms with van der Waals surface area (Å²) in [6.45, 7) is 5.63. The van der Waals surface area contributed by atoms with E-state index in [-0.39, 0.29) is 28.4 Å². The Balaban J connectivity index is 2.48. The van der Waals surface area contributed by atoms with E-state index >= 15 is 0 Å². The summed E-state index contributed by atoms with van der Waals surface area (Å²) in [4.78, 5) is 21.8. The molecule has 30 heavy (non-hydrogen) atoms. The number of benzene rings is 2. The van der Waals surface area contributed by atoms with Crippen molar-refractivity contribution in [1.29, 1.82) is 10.5 Å². The van der Waals surface area contributed by atoms with Crippen molar-refractivity contribution in [3.63, 3.8) is 0 Å². The maximum Gasteiger partial charge on any atom is 0.272 e. The number of nitro groups is 1.